The zero-order valence-electron chi connectivity index (χ0n) is 22.8. The quantitative estimate of drug-likeness (QED) is 0.252. The molecule has 0 saturated heterocycles. The fourth-order valence-electron chi connectivity index (χ4n) is 6.90. The van der Waals surface area contributed by atoms with Gasteiger partial charge in [0.2, 0.25) is 0 Å². The lowest BCUT2D eigenvalue weighted by Crippen LogP contribution is -2.30. The Balaban J connectivity index is 1.36. The molecule has 2 N–H and O–H groups in total. The van der Waals surface area contributed by atoms with Crippen LogP contribution in [0.15, 0.2) is 103 Å². The molecule has 39 heavy (non-hydrogen) atoms. The van der Waals surface area contributed by atoms with Crippen LogP contribution in [0.2, 0.25) is 0 Å². The molecule has 2 aliphatic carbocycles. The minimum Gasteiger partial charge on any atom is -0.423 e. The Morgan fingerprint density at radius 2 is 0.846 bits per heavy atom. The van der Waals surface area contributed by atoms with Crippen LogP contribution in [0.4, 0.5) is 0 Å². The van der Waals surface area contributed by atoms with E-state index in [0.717, 1.165) is 22.3 Å². The Morgan fingerprint density at radius 3 is 1.28 bits per heavy atom. The first-order valence-electron chi connectivity index (χ1n) is 13.7. The standard InChI is InChI=1S/C36H31BO2/c1-35(2)31-11-7-5-9-27(31)29-15-13-22(20-33(29)35)24-17-25(19-26(18-24)37(38)39)23-14-16-30-28-10-6-8-12-32(28)36(3,4)34(30)21-23/h5-21,38-39H,1-4H3. The smallest absolute Gasteiger partial charge is 0.423 e. The van der Waals surface area contributed by atoms with Gasteiger partial charge in [-0.1, -0.05) is 113 Å². The van der Waals surface area contributed by atoms with Gasteiger partial charge in [-0.2, -0.15) is 0 Å². The van der Waals surface area contributed by atoms with E-state index in [1.165, 1.54) is 44.5 Å². The molecule has 2 aliphatic rings. The van der Waals surface area contributed by atoms with Gasteiger partial charge >= 0.3 is 7.12 Å². The molecule has 0 saturated carbocycles. The largest absolute Gasteiger partial charge is 0.488 e. The number of rotatable bonds is 3. The second-order valence-electron chi connectivity index (χ2n) is 12.1. The lowest BCUT2D eigenvalue weighted by Gasteiger charge is -2.22. The lowest BCUT2D eigenvalue weighted by molar-refractivity contribution is 0.426. The topological polar surface area (TPSA) is 40.5 Å². The predicted octanol–water partition coefficient (Wildman–Crippen LogP) is 7.31. The van der Waals surface area contributed by atoms with Crippen LogP contribution < -0.4 is 5.46 Å². The van der Waals surface area contributed by atoms with Crippen LogP contribution in [0.3, 0.4) is 0 Å². The second-order valence-corrected chi connectivity index (χ2v) is 12.1. The molecule has 0 heterocycles. The molecule has 5 aromatic rings. The molecular weight excluding hydrogens is 475 g/mol. The molecule has 3 heteroatoms. The summed E-state index contributed by atoms with van der Waals surface area (Å²) < 4.78 is 0. The number of benzene rings is 5. The maximum Gasteiger partial charge on any atom is 0.488 e. The normalized spacial score (nSPS) is 15.3. The van der Waals surface area contributed by atoms with Crippen LogP contribution in [0, 0.1) is 0 Å². The SMILES string of the molecule is CC1(C)c2ccccc2-c2ccc(-c3cc(B(O)O)cc(-c4ccc5c(c4)C(C)(C)c4ccccc4-5)c3)cc21. The molecule has 0 unspecified atom stereocenters. The van der Waals surface area contributed by atoms with Crippen molar-refractivity contribution in [3.8, 4) is 44.5 Å². The van der Waals surface area contributed by atoms with Crippen LogP contribution in [0.5, 0.6) is 0 Å². The average molecular weight is 506 g/mol. The summed E-state index contributed by atoms with van der Waals surface area (Å²) in [6.45, 7) is 9.13. The molecule has 0 atom stereocenters. The second kappa shape index (κ2) is 8.29. The first-order chi connectivity index (χ1) is 18.7. The summed E-state index contributed by atoms with van der Waals surface area (Å²) >= 11 is 0. The van der Waals surface area contributed by atoms with Crippen molar-refractivity contribution in [2.45, 2.75) is 38.5 Å². The van der Waals surface area contributed by atoms with Gasteiger partial charge in [-0.25, -0.2) is 0 Å². The number of fused-ring (bicyclic) bond motifs is 6. The number of hydrogen-bond donors (Lipinski definition) is 2. The van der Waals surface area contributed by atoms with Gasteiger partial charge < -0.3 is 10.0 Å². The van der Waals surface area contributed by atoms with Crippen molar-refractivity contribution in [2.24, 2.45) is 0 Å². The van der Waals surface area contributed by atoms with Crippen molar-refractivity contribution >= 4 is 12.6 Å². The summed E-state index contributed by atoms with van der Waals surface area (Å²) in [4.78, 5) is 0. The highest BCUT2D eigenvalue weighted by Gasteiger charge is 2.36. The summed E-state index contributed by atoms with van der Waals surface area (Å²) in [7, 11) is -1.55. The lowest BCUT2D eigenvalue weighted by atomic mass is 9.76. The highest BCUT2D eigenvalue weighted by molar-refractivity contribution is 6.58. The molecule has 0 amide bonds. The van der Waals surface area contributed by atoms with Crippen LogP contribution >= 0.6 is 0 Å². The highest BCUT2D eigenvalue weighted by atomic mass is 16.4. The van der Waals surface area contributed by atoms with Crippen molar-refractivity contribution < 1.29 is 10.0 Å². The van der Waals surface area contributed by atoms with Crippen LogP contribution in [0.1, 0.15) is 49.9 Å². The van der Waals surface area contributed by atoms with Gasteiger partial charge in [-0.05, 0) is 90.4 Å². The van der Waals surface area contributed by atoms with E-state index in [2.05, 4.69) is 119 Å². The van der Waals surface area contributed by atoms with E-state index in [9.17, 15) is 10.0 Å². The predicted molar refractivity (Wildman–Crippen MR) is 162 cm³/mol. The van der Waals surface area contributed by atoms with Gasteiger partial charge in [-0.15, -0.1) is 0 Å². The highest BCUT2D eigenvalue weighted by Crippen LogP contribution is 2.51. The molecule has 0 radical (unpaired) electrons. The van der Waals surface area contributed by atoms with Crippen LogP contribution in [0.25, 0.3) is 44.5 Å². The van der Waals surface area contributed by atoms with Crippen molar-refractivity contribution in [2.75, 3.05) is 0 Å². The molecule has 0 aromatic heterocycles. The van der Waals surface area contributed by atoms with E-state index >= 15 is 0 Å². The minimum atomic E-state index is -1.55. The van der Waals surface area contributed by atoms with Crippen molar-refractivity contribution in [1.29, 1.82) is 0 Å². The summed E-state index contributed by atoms with van der Waals surface area (Å²) in [5, 5.41) is 20.5. The zero-order chi connectivity index (χ0) is 27.1. The first kappa shape index (κ1) is 24.1. The van der Waals surface area contributed by atoms with Gasteiger partial charge in [0.25, 0.3) is 0 Å². The minimum absolute atomic E-state index is 0.0978. The molecule has 0 spiro atoms. The molecule has 0 bridgehead atoms. The third-order valence-corrected chi connectivity index (χ3v) is 9.09. The Morgan fingerprint density at radius 1 is 0.436 bits per heavy atom. The summed E-state index contributed by atoms with van der Waals surface area (Å²) in [6, 6.07) is 36.6. The van der Waals surface area contributed by atoms with Crippen LogP contribution in [-0.2, 0) is 10.8 Å². The van der Waals surface area contributed by atoms with Gasteiger partial charge in [0.15, 0.2) is 0 Å². The van der Waals surface area contributed by atoms with E-state index < -0.39 is 7.12 Å². The average Bonchev–Trinajstić information content (AvgIpc) is 3.32. The molecule has 0 aliphatic heterocycles. The van der Waals surface area contributed by atoms with E-state index in [1.54, 1.807) is 0 Å². The maximum atomic E-state index is 10.2. The van der Waals surface area contributed by atoms with E-state index in [4.69, 9.17) is 0 Å². The Kier molecular flexibility index (Phi) is 5.13. The van der Waals surface area contributed by atoms with E-state index in [-0.39, 0.29) is 10.8 Å². The van der Waals surface area contributed by atoms with Gasteiger partial charge in [0.05, 0.1) is 0 Å². The zero-order valence-corrected chi connectivity index (χ0v) is 22.8. The molecule has 0 fully saturated rings. The maximum absolute atomic E-state index is 10.2. The van der Waals surface area contributed by atoms with Crippen molar-refractivity contribution in [1.82, 2.24) is 0 Å². The van der Waals surface area contributed by atoms with Crippen molar-refractivity contribution in [3.05, 3.63) is 125 Å². The van der Waals surface area contributed by atoms with Crippen LogP contribution in [-0.4, -0.2) is 17.2 Å². The molecule has 2 nitrogen and oxygen atoms in total. The van der Waals surface area contributed by atoms with Gasteiger partial charge in [0, 0.05) is 10.8 Å². The third kappa shape index (κ3) is 3.50. The Bertz CT molecular complexity index is 1670. The summed E-state index contributed by atoms with van der Waals surface area (Å²) in [5.41, 5.74) is 14.9. The first-order valence-corrected chi connectivity index (χ1v) is 13.7. The Hall–Kier alpha value is -3.92. The monoisotopic (exact) mass is 506 g/mol. The molecule has 190 valence electrons. The molecule has 5 aromatic carbocycles. The summed E-state index contributed by atoms with van der Waals surface area (Å²) in [6.07, 6.45) is 0. The van der Waals surface area contributed by atoms with Gasteiger partial charge in [-0.3, -0.25) is 0 Å². The number of hydrogen-bond acceptors (Lipinski definition) is 2. The van der Waals surface area contributed by atoms with Crippen molar-refractivity contribution in [3.63, 3.8) is 0 Å². The fourth-order valence-corrected chi connectivity index (χ4v) is 6.90. The van der Waals surface area contributed by atoms with E-state index in [0.29, 0.717) is 5.46 Å². The molecule has 7 rings (SSSR count). The third-order valence-electron chi connectivity index (χ3n) is 9.09. The molecular formula is C36H31BO2. The Labute approximate surface area is 230 Å². The van der Waals surface area contributed by atoms with Gasteiger partial charge in [0.1, 0.15) is 0 Å². The fraction of sp³-hybridized carbons (Fsp3) is 0.167. The van der Waals surface area contributed by atoms with E-state index in [1.807, 2.05) is 12.1 Å². The summed E-state index contributed by atoms with van der Waals surface area (Å²) in [5.74, 6) is 0.